The Balaban J connectivity index is 2.26. The van der Waals surface area contributed by atoms with Crippen LogP contribution in [0.4, 0.5) is 5.82 Å². The summed E-state index contributed by atoms with van der Waals surface area (Å²) in [6, 6.07) is 8.90. The van der Waals surface area contributed by atoms with Gasteiger partial charge in [-0.3, -0.25) is 9.20 Å². The molecule has 0 N–H and O–H groups in total. The maximum Gasteiger partial charge on any atom is 0.267 e. The molecule has 126 valence electrons. The summed E-state index contributed by atoms with van der Waals surface area (Å²) in [6.45, 7) is 5.08. The number of nitriles is 2. The molecule has 0 amide bonds. The first-order chi connectivity index (χ1) is 12.0. The van der Waals surface area contributed by atoms with Crippen LogP contribution in [0, 0.1) is 22.7 Å². The summed E-state index contributed by atoms with van der Waals surface area (Å²) < 4.78 is 7.16. The van der Waals surface area contributed by atoms with Gasteiger partial charge in [0.2, 0.25) is 0 Å². The van der Waals surface area contributed by atoms with Gasteiger partial charge in [0.25, 0.3) is 5.56 Å². The molecule has 2 atom stereocenters. The average Bonchev–Trinajstić information content (AvgIpc) is 2.60. The lowest BCUT2D eigenvalue weighted by Gasteiger charge is -2.36. The molecule has 1 saturated heterocycles. The molecule has 2 aromatic rings. The highest BCUT2D eigenvalue weighted by atomic mass is 16.5. The number of hydrogen-bond acceptors (Lipinski definition) is 6. The van der Waals surface area contributed by atoms with Gasteiger partial charge in [0.15, 0.2) is 0 Å². The SMILES string of the molecule is C[C@H]1CN(c2nc3ccccn3c(=O)c2C=C(C#N)C#N)C[C@H](C)O1. The molecular formula is C18H17N5O2. The van der Waals surface area contributed by atoms with Gasteiger partial charge in [-0.05, 0) is 32.1 Å². The Labute approximate surface area is 145 Å². The standard InChI is InChI=1S/C18H17N5O2/c1-12-10-22(11-13(2)25-12)17-15(7-14(8-19)9-20)18(24)23-6-4-3-5-16(23)21-17/h3-7,12-13H,10-11H2,1-2H3/t12-,13-/m0/s1. The van der Waals surface area contributed by atoms with Gasteiger partial charge in [0.1, 0.15) is 29.2 Å². The quantitative estimate of drug-likeness (QED) is 0.776. The molecule has 1 aliphatic heterocycles. The Morgan fingerprint density at radius 3 is 2.60 bits per heavy atom. The summed E-state index contributed by atoms with van der Waals surface area (Å²) in [5, 5.41) is 18.1. The minimum atomic E-state index is -0.310. The van der Waals surface area contributed by atoms with E-state index in [0.717, 1.165) is 0 Å². The first-order valence-corrected chi connectivity index (χ1v) is 7.97. The van der Waals surface area contributed by atoms with Crippen molar-refractivity contribution < 1.29 is 4.74 Å². The van der Waals surface area contributed by atoms with E-state index in [-0.39, 0.29) is 28.9 Å². The molecule has 2 aromatic heterocycles. The molecule has 1 fully saturated rings. The van der Waals surface area contributed by atoms with Crippen LogP contribution in [0.5, 0.6) is 0 Å². The fraction of sp³-hybridized carbons (Fsp3) is 0.333. The number of fused-ring (bicyclic) bond motifs is 1. The van der Waals surface area contributed by atoms with E-state index < -0.39 is 0 Å². The molecule has 7 nitrogen and oxygen atoms in total. The number of rotatable bonds is 2. The van der Waals surface area contributed by atoms with E-state index in [1.54, 1.807) is 30.5 Å². The summed E-state index contributed by atoms with van der Waals surface area (Å²) in [4.78, 5) is 19.5. The number of allylic oxidation sites excluding steroid dienone is 1. The van der Waals surface area contributed by atoms with Crippen molar-refractivity contribution >= 4 is 17.5 Å². The second-order valence-corrected chi connectivity index (χ2v) is 6.03. The van der Waals surface area contributed by atoms with E-state index in [1.807, 2.05) is 24.8 Å². The largest absolute Gasteiger partial charge is 0.372 e. The highest BCUT2D eigenvalue weighted by molar-refractivity contribution is 5.71. The second-order valence-electron chi connectivity index (χ2n) is 6.03. The molecule has 0 unspecified atom stereocenters. The Kier molecular flexibility index (Phi) is 4.51. The molecule has 1 aliphatic rings. The summed E-state index contributed by atoms with van der Waals surface area (Å²) in [7, 11) is 0. The van der Waals surface area contributed by atoms with Crippen LogP contribution < -0.4 is 10.5 Å². The number of aromatic nitrogens is 2. The van der Waals surface area contributed by atoms with Crippen molar-refractivity contribution in [1.82, 2.24) is 9.38 Å². The number of anilines is 1. The van der Waals surface area contributed by atoms with E-state index in [9.17, 15) is 4.79 Å². The number of morpholine rings is 1. The predicted molar refractivity (Wildman–Crippen MR) is 92.9 cm³/mol. The van der Waals surface area contributed by atoms with Crippen LogP contribution in [0.2, 0.25) is 0 Å². The van der Waals surface area contributed by atoms with Crippen molar-refractivity contribution in [2.24, 2.45) is 0 Å². The van der Waals surface area contributed by atoms with Crippen LogP contribution in [0.25, 0.3) is 11.7 Å². The molecule has 0 spiro atoms. The zero-order chi connectivity index (χ0) is 18.0. The van der Waals surface area contributed by atoms with Gasteiger partial charge in [-0.1, -0.05) is 6.07 Å². The first kappa shape index (κ1) is 16.7. The maximum absolute atomic E-state index is 12.9. The molecule has 3 rings (SSSR count). The minimum Gasteiger partial charge on any atom is -0.372 e. The third-order valence-electron chi connectivity index (χ3n) is 4.00. The summed E-state index contributed by atoms with van der Waals surface area (Å²) in [5.41, 5.74) is 0.311. The topological polar surface area (TPSA) is 94.4 Å². The van der Waals surface area contributed by atoms with E-state index in [1.165, 1.54) is 10.5 Å². The molecule has 3 heterocycles. The second kappa shape index (κ2) is 6.76. The molecule has 0 saturated carbocycles. The minimum absolute atomic E-state index is 0.0111. The van der Waals surface area contributed by atoms with Gasteiger partial charge in [-0.25, -0.2) is 4.98 Å². The van der Waals surface area contributed by atoms with Crippen molar-refractivity contribution in [1.29, 1.82) is 10.5 Å². The van der Waals surface area contributed by atoms with Crippen LogP contribution in [0.3, 0.4) is 0 Å². The van der Waals surface area contributed by atoms with Crippen molar-refractivity contribution in [3.63, 3.8) is 0 Å². The monoisotopic (exact) mass is 335 g/mol. The molecule has 0 aromatic carbocycles. The van der Waals surface area contributed by atoms with E-state index in [2.05, 4.69) is 4.98 Å². The molecule has 0 aliphatic carbocycles. The molecular weight excluding hydrogens is 318 g/mol. The van der Waals surface area contributed by atoms with Gasteiger partial charge in [0, 0.05) is 19.3 Å². The lowest BCUT2D eigenvalue weighted by atomic mass is 10.1. The smallest absolute Gasteiger partial charge is 0.267 e. The highest BCUT2D eigenvalue weighted by Gasteiger charge is 2.26. The van der Waals surface area contributed by atoms with Gasteiger partial charge >= 0.3 is 0 Å². The average molecular weight is 335 g/mol. The van der Waals surface area contributed by atoms with E-state index in [0.29, 0.717) is 24.6 Å². The number of ether oxygens (including phenoxy) is 1. The zero-order valence-corrected chi connectivity index (χ0v) is 14.0. The fourth-order valence-corrected chi connectivity index (χ4v) is 3.04. The molecule has 0 radical (unpaired) electrons. The molecule has 0 bridgehead atoms. The lowest BCUT2D eigenvalue weighted by Crippen LogP contribution is -2.46. The Morgan fingerprint density at radius 1 is 1.28 bits per heavy atom. The number of pyridine rings is 1. The Hall–Kier alpha value is -3.16. The van der Waals surface area contributed by atoms with Crippen LogP contribution in [-0.2, 0) is 4.74 Å². The fourth-order valence-electron chi connectivity index (χ4n) is 3.04. The summed E-state index contributed by atoms with van der Waals surface area (Å²) in [6.07, 6.45) is 2.91. The molecule has 25 heavy (non-hydrogen) atoms. The van der Waals surface area contributed by atoms with Gasteiger partial charge in [0.05, 0.1) is 17.8 Å². The van der Waals surface area contributed by atoms with Crippen molar-refractivity contribution in [2.75, 3.05) is 18.0 Å². The van der Waals surface area contributed by atoms with Gasteiger partial charge in [-0.15, -0.1) is 0 Å². The number of hydrogen-bond donors (Lipinski definition) is 0. The van der Waals surface area contributed by atoms with Gasteiger partial charge in [-0.2, -0.15) is 10.5 Å². The van der Waals surface area contributed by atoms with Gasteiger partial charge < -0.3 is 9.64 Å². The third kappa shape index (κ3) is 3.23. The van der Waals surface area contributed by atoms with Crippen molar-refractivity contribution in [2.45, 2.75) is 26.1 Å². The van der Waals surface area contributed by atoms with Crippen LogP contribution >= 0.6 is 0 Å². The van der Waals surface area contributed by atoms with Crippen molar-refractivity contribution in [3.8, 4) is 12.1 Å². The van der Waals surface area contributed by atoms with Crippen molar-refractivity contribution in [3.05, 3.63) is 45.9 Å². The van der Waals surface area contributed by atoms with Crippen LogP contribution in [0.1, 0.15) is 19.4 Å². The third-order valence-corrected chi connectivity index (χ3v) is 4.00. The zero-order valence-electron chi connectivity index (χ0n) is 14.0. The summed E-state index contributed by atoms with van der Waals surface area (Å²) in [5.74, 6) is 0.473. The Bertz CT molecular complexity index is 954. The summed E-state index contributed by atoms with van der Waals surface area (Å²) >= 11 is 0. The highest BCUT2D eigenvalue weighted by Crippen LogP contribution is 2.23. The van der Waals surface area contributed by atoms with Crippen LogP contribution in [0.15, 0.2) is 34.8 Å². The normalized spacial score (nSPS) is 19.9. The maximum atomic E-state index is 12.9. The molecule has 7 heteroatoms. The van der Waals surface area contributed by atoms with E-state index >= 15 is 0 Å². The Morgan fingerprint density at radius 2 is 1.96 bits per heavy atom. The predicted octanol–water partition coefficient (Wildman–Crippen LogP) is 1.74. The number of nitrogens with zero attached hydrogens (tertiary/aromatic N) is 5. The van der Waals surface area contributed by atoms with Crippen LogP contribution in [-0.4, -0.2) is 34.7 Å². The van der Waals surface area contributed by atoms with E-state index in [4.69, 9.17) is 15.3 Å². The lowest BCUT2D eigenvalue weighted by molar-refractivity contribution is -0.00546. The first-order valence-electron chi connectivity index (χ1n) is 7.97.